The van der Waals surface area contributed by atoms with Gasteiger partial charge in [-0.25, -0.2) is 0 Å². The van der Waals surface area contributed by atoms with Crippen molar-refractivity contribution in [2.24, 2.45) is 0 Å². The minimum Gasteiger partial charge on any atom is -0.309 e. The van der Waals surface area contributed by atoms with Crippen molar-refractivity contribution < 1.29 is 13.2 Å². The Kier molecular flexibility index (Phi) is 8.10. The zero-order valence-electron chi connectivity index (χ0n) is 31.6. The summed E-state index contributed by atoms with van der Waals surface area (Å²) in [5, 5.41) is 13.3. The molecule has 0 saturated heterocycles. The number of hydrogen-bond acceptors (Lipinski definition) is 1. The van der Waals surface area contributed by atoms with Gasteiger partial charge in [-0.1, -0.05) is 115 Å². The molecule has 0 aliphatic heterocycles. The number of fused-ring (bicyclic) bond motifs is 6. The van der Waals surface area contributed by atoms with E-state index in [0.717, 1.165) is 54.9 Å². The van der Waals surface area contributed by atoms with Crippen molar-refractivity contribution in [3.8, 4) is 50.8 Å². The molecule has 0 unspecified atom stereocenters. The molecule has 0 atom stereocenters. The molecule has 2 heterocycles. The fourth-order valence-electron chi connectivity index (χ4n) is 8.84. The number of rotatable bonds is 5. The molecule has 0 radical (unpaired) electrons. The average molecular weight is 758 g/mol. The lowest BCUT2D eigenvalue weighted by Crippen LogP contribution is -2.16. The molecule has 0 spiro atoms. The summed E-state index contributed by atoms with van der Waals surface area (Å²) in [6.45, 7) is 4.12. The zero-order chi connectivity index (χ0) is 39.7. The standard InChI is InChI=1S/C52H34F3N3/c1-32-12-3-5-16-38(32)36-22-25-47-43(29-36)41-18-7-9-20-45(41)57(47)49-27-24-40(35-15-11-14-34(28-35)31-56)51(50(49)52(53,54)55)58-46-21-10-8-19-42(46)44-30-37(23-26-48(44)58)39-17-6-4-13-33(39)2/h3-30H,1-2H3. The highest BCUT2D eigenvalue weighted by atomic mass is 19.4. The number of nitriles is 1. The maximum absolute atomic E-state index is 16.5. The molecule has 10 aromatic rings. The Morgan fingerprint density at radius 2 is 0.948 bits per heavy atom. The van der Waals surface area contributed by atoms with Gasteiger partial charge in [-0.05, 0) is 107 Å². The Labute approximate surface area is 333 Å². The van der Waals surface area contributed by atoms with Crippen LogP contribution in [-0.2, 0) is 6.18 Å². The smallest absolute Gasteiger partial charge is 0.309 e. The van der Waals surface area contributed by atoms with Gasteiger partial charge in [0.2, 0.25) is 0 Å². The first kappa shape index (κ1) is 35.1. The highest BCUT2D eigenvalue weighted by Crippen LogP contribution is 2.48. The van der Waals surface area contributed by atoms with E-state index in [-0.39, 0.29) is 11.4 Å². The third-order valence-electron chi connectivity index (χ3n) is 11.5. The first-order valence-corrected chi connectivity index (χ1v) is 19.1. The first-order valence-electron chi connectivity index (χ1n) is 19.1. The van der Waals surface area contributed by atoms with Crippen LogP contribution in [0.5, 0.6) is 0 Å². The number of para-hydroxylation sites is 2. The molecule has 0 fully saturated rings. The lowest BCUT2D eigenvalue weighted by Gasteiger charge is -2.24. The summed E-state index contributed by atoms with van der Waals surface area (Å²) in [7, 11) is 0. The third-order valence-corrected chi connectivity index (χ3v) is 11.5. The van der Waals surface area contributed by atoms with E-state index in [4.69, 9.17) is 0 Å². The summed E-state index contributed by atoms with van der Waals surface area (Å²) in [4.78, 5) is 0. The number of nitrogens with zero attached hydrogens (tertiary/aromatic N) is 3. The second kappa shape index (κ2) is 13.4. The Morgan fingerprint density at radius 3 is 1.52 bits per heavy atom. The predicted octanol–water partition coefficient (Wildman–Crippen LogP) is 14.4. The second-order valence-corrected chi connectivity index (χ2v) is 14.8. The molecule has 10 rings (SSSR count). The van der Waals surface area contributed by atoms with Crippen LogP contribution in [0.15, 0.2) is 170 Å². The number of halogens is 3. The van der Waals surface area contributed by atoms with Crippen LogP contribution in [0.1, 0.15) is 22.3 Å². The SMILES string of the molecule is Cc1ccccc1-c1ccc2c(c1)c1ccccc1n2-c1ccc(-c2cccc(C#N)c2)c(-n2c3ccccc3c3cc(-c4ccccc4C)ccc32)c1C(F)(F)F. The summed E-state index contributed by atoms with van der Waals surface area (Å²) in [5.74, 6) is 0. The van der Waals surface area contributed by atoms with Crippen molar-refractivity contribution in [2.75, 3.05) is 0 Å². The summed E-state index contributed by atoms with van der Waals surface area (Å²) in [6.07, 6.45) is -4.81. The minimum absolute atomic E-state index is 0.00241. The molecule has 278 valence electrons. The zero-order valence-corrected chi connectivity index (χ0v) is 31.6. The molecule has 0 saturated carbocycles. The van der Waals surface area contributed by atoms with Crippen LogP contribution >= 0.6 is 0 Å². The highest BCUT2D eigenvalue weighted by Gasteiger charge is 2.40. The van der Waals surface area contributed by atoms with Crippen molar-refractivity contribution in [3.05, 3.63) is 192 Å². The first-order chi connectivity index (χ1) is 28.2. The highest BCUT2D eigenvalue weighted by molar-refractivity contribution is 6.13. The van der Waals surface area contributed by atoms with Crippen molar-refractivity contribution >= 4 is 43.6 Å². The third kappa shape index (κ3) is 5.50. The van der Waals surface area contributed by atoms with Gasteiger partial charge in [-0.2, -0.15) is 18.4 Å². The molecule has 0 aliphatic rings. The van der Waals surface area contributed by atoms with Crippen LogP contribution in [0, 0.1) is 25.2 Å². The van der Waals surface area contributed by atoms with Crippen LogP contribution in [0.3, 0.4) is 0 Å². The molecule has 58 heavy (non-hydrogen) atoms. The van der Waals surface area contributed by atoms with E-state index in [1.54, 1.807) is 45.5 Å². The number of hydrogen-bond donors (Lipinski definition) is 0. The van der Waals surface area contributed by atoms with E-state index in [9.17, 15) is 5.26 Å². The van der Waals surface area contributed by atoms with E-state index >= 15 is 13.2 Å². The van der Waals surface area contributed by atoms with E-state index < -0.39 is 11.7 Å². The fraction of sp³-hybridized carbons (Fsp3) is 0.0577. The fourth-order valence-corrected chi connectivity index (χ4v) is 8.84. The number of benzene rings is 8. The van der Waals surface area contributed by atoms with Gasteiger partial charge < -0.3 is 9.13 Å². The maximum Gasteiger partial charge on any atom is 0.420 e. The summed E-state index contributed by atoms with van der Waals surface area (Å²) in [6, 6.07) is 56.0. The summed E-state index contributed by atoms with van der Waals surface area (Å²) in [5.41, 5.74) is 9.42. The quantitative estimate of drug-likeness (QED) is 0.172. The van der Waals surface area contributed by atoms with E-state index in [1.807, 2.05) is 97.1 Å². The van der Waals surface area contributed by atoms with Gasteiger partial charge in [0.15, 0.2) is 0 Å². The minimum atomic E-state index is -4.81. The van der Waals surface area contributed by atoms with Crippen molar-refractivity contribution in [1.82, 2.24) is 9.13 Å². The lowest BCUT2D eigenvalue weighted by atomic mass is 9.96. The number of alkyl halides is 3. The van der Waals surface area contributed by atoms with Crippen LogP contribution in [-0.4, -0.2) is 9.13 Å². The van der Waals surface area contributed by atoms with Gasteiger partial charge in [-0.3, -0.25) is 0 Å². The second-order valence-electron chi connectivity index (χ2n) is 14.8. The van der Waals surface area contributed by atoms with Crippen LogP contribution in [0.25, 0.3) is 88.4 Å². The summed E-state index contributed by atoms with van der Waals surface area (Å²) < 4.78 is 53.1. The Morgan fingerprint density at radius 1 is 0.448 bits per heavy atom. The molecule has 0 aliphatic carbocycles. The van der Waals surface area contributed by atoms with Gasteiger partial charge in [0, 0.05) is 27.1 Å². The van der Waals surface area contributed by atoms with Gasteiger partial charge in [0.05, 0.1) is 45.1 Å². The van der Waals surface area contributed by atoms with E-state index in [1.165, 1.54) is 0 Å². The molecule has 3 nitrogen and oxygen atoms in total. The molecular weight excluding hydrogens is 724 g/mol. The Balaban J connectivity index is 1.34. The van der Waals surface area contributed by atoms with Crippen LogP contribution in [0.4, 0.5) is 13.2 Å². The van der Waals surface area contributed by atoms with Crippen molar-refractivity contribution in [3.63, 3.8) is 0 Å². The van der Waals surface area contributed by atoms with Gasteiger partial charge in [0.1, 0.15) is 5.56 Å². The Hall–Kier alpha value is -7.36. The number of aryl methyl sites for hydroxylation is 2. The topological polar surface area (TPSA) is 33.6 Å². The van der Waals surface area contributed by atoms with Crippen LogP contribution in [0.2, 0.25) is 0 Å². The molecule has 0 N–H and O–H groups in total. The van der Waals surface area contributed by atoms with E-state index in [2.05, 4.69) is 56.3 Å². The molecule has 2 aromatic heterocycles. The Bertz CT molecular complexity index is 3320. The van der Waals surface area contributed by atoms with Gasteiger partial charge in [-0.15, -0.1) is 0 Å². The van der Waals surface area contributed by atoms with Crippen molar-refractivity contribution in [1.29, 1.82) is 5.26 Å². The van der Waals surface area contributed by atoms with Crippen molar-refractivity contribution in [2.45, 2.75) is 20.0 Å². The maximum atomic E-state index is 16.5. The van der Waals surface area contributed by atoms with E-state index in [0.29, 0.717) is 38.8 Å². The summed E-state index contributed by atoms with van der Waals surface area (Å²) >= 11 is 0. The van der Waals surface area contributed by atoms with Gasteiger partial charge >= 0.3 is 6.18 Å². The molecule has 0 bridgehead atoms. The average Bonchev–Trinajstić information content (AvgIpc) is 3.75. The largest absolute Gasteiger partial charge is 0.420 e. The molecule has 6 heteroatoms. The predicted molar refractivity (Wildman–Crippen MR) is 231 cm³/mol. The van der Waals surface area contributed by atoms with Crippen LogP contribution < -0.4 is 0 Å². The van der Waals surface area contributed by atoms with Gasteiger partial charge in [0.25, 0.3) is 0 Å². The normalized spacial score (nSPS) is 11.9. The molecular formula is C52H34F3N3. The molecule has 8 aromatic carbocycles. The number of aromatic nitrogens is 2. The lowest BCUT2D eigenvalue weighted by molar-refractivity contribution is -0.137. The monoisotopic (exact) mass is 757 g/mol. The molecule has 0 amide bonds.